The number of carbonyl (C=O) groups excluding carboxylic acids is 1. The second-order valence-corrected chi connectivity index (χ2v) is 5.25. The maximum Gasteiger partial charge on any atom is 0.432 e. The van der Waals surface area contributed by atoms with Gasteiger partial charge in [0.05, 0.1) is 19.9 Å². The molecule has 0 fully saturated rings. The molecule has 1 heterocycles. The van der Waals surface area contributed by atoms with Crippen molar-refractivity contribution in [3.63, 3.8) is 0 Å². The van der Waals surface area contributed by atoms with E-state index in [1.54, 1.807) is 4.98 Å². The van der Waals surface area contributed by atoms with Crippen LogP contribution < -0.4 is 21.7 Å². The van der Waals surface area contributed by atoms with Gasteiger partial charge in [-0.15, -0.1) is 0 Å². The van der Waals surface area contributed by atoms with E-state index in [0.29, 0.717) is 17.4 Å². The third-order valence-corrected chi connectivity index (χ3v) is 3.73. The van der Waals surface area contributed by atoms with Gasteiger partial charge < -0.3 is 20.3 Å². The Morgan fingerprint density at radius 1 is 1.19 bits per heavy atom. The number of nitrogen functional groups attached to an aromatic ring is 1. The first-order valence-corrected chi connectivity index (χ1v) is 7.16. The number of nitrogens with zero attached hydrogens (tertiary/aromatic N) is 1. The molecule has 1 atom stereocenters. The number of methoxy groups -OCH3 is 2. The third kappa shape index (κ3) is 3.14. The molecule has 0 saturated carbocycles. The van der Waals surface area contributed by atoms with Crippen molar-refractivity contribution in [1.82, 2.24) is 9.55 Å². The summed E-state index contributed by atoms with van der Waals surface area (Å²) in [7, 11) is 1.95. The summed E-state index contributed by atoms with van der Waals surface area (Å²) in [6, 6.07) is 5.29. The first-order valence-electron chi connectivity index (χ1n) is 7.16. The summed E-state index contributed by atoms with van der Waals surface area (Å²) in [5, 5.41) is 10.1. The summed E-state index contributed by atoms with van der Waals surface area (Å²) in [5.41, 5.74) is -3.28. The van der Waals surface area contributed by atoms with E-state index in [9.17, 15) is 32.7 Å². The number of esters is 1. The molecule has 9 nitrogen and oxygen atoms in total. The Morgan fingerprint density at radius 2 is 1.74 bits per heavy atom. The standard InChI is InChI=1S/C15H14F3N3O6/c1-26-8-5-3-7(4-6-8)21-10(19)9(11(22)20-13(21)24)14(25,12(23)27-2)15(16,17)18/h3-6,25H,19H2,1-2H3,(H,20,22,24). The van der Waals surface area contributed by atoms with Gasteiger partial charge in [-0.05, 0) is 24.3 Å². The number of alkyl halides is 3. The Kier molecular flexibility index (Phi) is 5.04. The molecule has 0 amide bonds. The highest BCUT2D eigenvalue weighted by Gasteiger charge is 2.64. The van der Waals surface area contributed by atoms with Crippen LogP contribution in [0, 0.1) is 0 Å². The Balaban J connectivity index is 2.88. The fourth-order valence-corrected chi connectivity index (χ4v) is 2.40. The molecule has 0 radical (unpaired) electrons. The molecule has 4 N–H and O–H groups in total. The van der Waals surface area contributed by atoms with Crippen molar-refractivity contribution >= 4 is 11.8 Å². The number of halogens is 3. The number of nitrogens with two attached hydrogens (primary N) is 1. The van der Waals surface area contributed by atoms with Crippen LogP contribution in [-0.4, -0.2) is 41.0 Å². The predicted octanol–water partition coefficient (Wildman–Crippen LogP) is 0.0395. The highest BCUT2D eigenvalue weighted by molar-refractivity contribution is 5.83. The van der Waals surface area contributed by atoms with E-state index < -0.39 is 40.4 Å². The number of ether oxygens (including phenoxy) is 2. The van der Waals surface area contributed by atoms with Gasteiger partial charge >= 0.3 is 17.8 Å². The maximum atomic E-state index is 13.5. The van der Waals surface area contributed by atoms with Gasteiger partial charge in [0.25, 0.3) is 11.2 Å². The summed E-state index contributed by atoms with van der Waals surface area (Å²) < 4.78 is 49.8. The van der Waals surface area contributed by atoms with Crippen molar-refractivity contribution in [3.8, 4) is 11.4 Å². The average Bonchev–Trinajstić information content (AvgIpc) is 2.59. The van der Waals surface area contributed by atoms with Gasteiger partial charge in [-0.3, -0.25) is 9.78 Å². The smallest absolute Gasteiger partial charge is 0.432 e. The maximum absolute atomic E-state index is 13.5. The summed E-state index contributed by atoms with van der Waals surface area (Å²) in [5.74, 6) is -2.90. The zero-order valence-electron chi connectivity index (χ0n) is 14.0. The van der Waals surface area contributed by atoms with Gasteiger partial charge in [0.1, 0.15) is 17.1 Å². The minimum absolute atomic E-state index is 0.0507. The van der Waals surface area contributed by atoms with Crippen LogP contribution in [0.15, 0.2) is 33.9 Å². The molecule has 0 saturated heterocycles. The molecular formula is C15H14F3N3O6. The monoisotopic (exact) mass is 389 g/mol. The number of aromatic amines is 1. The molecule has 0 aliphatic heterocycles. The summed E-state index contributed by atoms with van der Waals surface area (Å²) in [4.78, 5) is 37.4. The first kappa shape index (κ1) is 20.0. The molecule has 1 aromatic heterocycles. The minimum atomic E-state index is -5.66. The Hall–Kier alpha value is -3.28. The molecule has 0 spiro atoms. The second kappa shape index (κ2) is 6.79. The Morgan fingerprint density at radius 3 is 2.19 bits per heavy atom. The van der Waals surface area contributed by atoms with Crippen molar-refractivity contribution in [1.29, 1.82) is 0 Å². The molecular weight excluding hydrogens is 375 g/mol. The van der Waals surface area contributed by atoms with Crippen molar-refractivity contribution in [2.24, 2.45) is 0 Å². The van der Waals surface area contributed by atoms with Crippen LogP contribution >= 0.6 is 0 Å². The molecule has 1 aromatic carbocycles. The predicted molar refractivity (Wildman–Crippen MR) is 85.6 cm³/mol. The number of benzene rings is 1. The summed E-state index contributed by atoms with van der Waals surface area (Å²) >= 11 is 0. The number of aliphatic hydroxyl groups is 1. The number of carbonyl (C=O) groups is 1. The summed E-state index contributed by atoms with van der Waals surface area (Å²) in [6.07, 6.45) is -5.66. The number of hydrogen-bond acceptors (Lipinski definition) is 7. The van der Waals surface area contributed by atoms with E-state index >= 15 is 0 Å². The fraction of sp³-hybridized carbons (Fsp3) is 0.267. The van der Waals surface area contributed by atoms with Gasteiger partial charge in [-0.25, -0.2) is 14.2 Å². The van der Waals surface area contributed by atoms with E-state index in [2.05, 4.69) is 4.74 Å². The minimum Gasteiger partial charge on any atom is -0.497 e. The molecule has 27 heavy (non-hydrogen) atoms. The molecule has 0 aliphatic carbocycles. The van der Waals surface area contributed by atoms with Gasteiger partial charge in [0, 0.05) is 0 Å². The van der Waals surface area contributed by atoms with Crippen molar-refractivity contribution < 1.29 is 32.5 Å². The second-order valence-electron chi connectivity index (χ2n) is 5.25. The number of anilines is 1. The quantitative estimate of drug-likeness (QED) is 0.628. The lowest BCUT2D eigenvalue weighted by Crippen LogP contribution is -2.54. The highest BCUT2D eigenvalue weighted by atomic mass is 19.4. The number of nitrogens with one attached hydrogen (secondary N) is 1. The first-order chi connectivity index (χ1) is 12.5. The van der Waals surface area contributed by atoms with Crippen molar-refractivity contribution in [2.45, 2.75) is 11.8 Å². The molecule has 146 valence electrons. The van der Waals surface area contributed by atoms with Gasteiger partial charge in [0.15, 0.2) is 0 Å². The molecule has 12 heteroatoms. The van der Waals surface area contributed by atoms with E-state index in [1.165, 1.54) is 31.4 Å². The number of hydrogen-bond donors (Lipinski definition) is 3. The van der Waals surface area contributed by atoms with Crippen molar-refractivity contribution in [3.05, 3.63) is 50.7 Å². The molecule has 0 bridgehead atoms. The fourth-order valence-electron chi connectivity index (χ4n) is 2.40. The summed E-state index contributed by atoms with van der Waals surface area (Å²) in [6.45, 7) is 0. The molecule has 2 aromatic rings. The van der Waals surface area contributed by atoms with Crippen LogP contribution in [0.2, 0.25) is 0 Å². The zero-order chi connectivity index (χ0) is 20.6. The molecule has 0 aliphatic rings. The van der Waals surface area contributed by atoms with E-state index in [4.69, 9.17) is 10.5 Å². The van der Waals surface area contributed by atoms with Crippen LogP contribution in [0.5, 0.6) is 5.75 Å². The van der Waals surface area contributed by atoms with E-state index in [0.717, 1.165) is 0 Å². The lowest BCUT2D eigenvalue weighted by molar-refractivity contribution is -0.267. The average molecular weight is 389 g/mol. The Labute approximate surface area is 148 Å². The van der Waals surface area contributed by atoms with Crippen molar-refractivity contribution in [2.75, 3.05) is 20.0 Å². The topological polar surface area (TPSA) is 137 Å². The highest BCUT2D eigenvalue weighted by Crippen LogP contribution is 2.40. The lowest BCUT2D eigenvalue weighted by Gasteiger charge is -2.28. The van der Waals surface area contributed by atoms with Gasteiger partial charge in [-0.2, -0.15) is 13.2 Å². The van der Waals surface area contributed by atoms with Gasteiger partial charge in [0.2, 0.25) is 0 Å². The normalized spacial score (nSPS) is 13.7. The van der Waals surface area contributed by atoms with Crippen LogP contribution in [0.1, 0.15) is 5.56 Å². The zero-order valence-corrected chi connectivity index (χ0v) is 14.0. The largest absolute Gasteiger partial charge is 0.497 e. The van der Waals surface area contributed by atoms with Crippen LogP contribution in [0.25, 0.3) is 5.69 Å². The van der Waals surface area contributed by atoms with Crippen LogP contribution in [0.3, 0.4) is 0 Å². The number of rotatable bonds is 4. The Bertz CT molecular complexity index is 980. The molecule has 2 rings (SSSR count). The number of H-pyrrole nitrogens is 1. The third-order valence-electron chi connectivity index (χ3n) is 3.73. The van der Waals surface area contributed by atoms with Crippen LogP contribution in [0.4, 0.5) is 19.0 Å². The lowest BCUT2D eigenvalue weighted by atomic mass is 9.94. The van der Waals surface area contributed by atoms with Crippen LogP contribution in [-0.2, 0) is 15.1 Å². The molecule has 1 unspecified atom stereocenters. The van der Waals surface area contributed by atoms with Gasteiger partial charge in [-0.1, -0.05) is 0 Å². The number of aromatic nitrogens is 2. The SMILES string of the molecule is COC(=O)C(O)(c1c(N)n(-c2ccc(OC)cc2)c(=O)[nH]c1=O)C(F)(F)F. The van der Waals surface area contributed by atoms with E-state index in [1.807, 2.05) is 0 Å². The van der Waals surface area contributed by atoms with E-state index in [-0.39, 0.29) is 5.69 Å².